The first kappa shape index (κ1) is 20.9. The number of imidazole rings is 1. The highest BCUT2D eigenvalue weighted by Crippen LogP contribution is 2.38. The lowest BCUT2D eigenvalue weighted by Gasteiger charge is -2.13. The van der Waals surface area contributed by atoms with Crippen LogP contribution in [0.15, 0.2) is 55.0 Å². The Hall–Kier alpha value is -3.40. The molecule has 4 aromatic rings. The molecule has 2 aromatic carbocycles. The molecule has 0 aliphatic rings. The van der Waals surface area contributed by atoms with Crippen molar-refractivity contribution in [1.82, 2.24) is 14.4 Å². The first-order valence-electron chi connectivity index (χ1n) is 8.66. The number of benzene rings is 2. The largest absolute Gasteiger partial charge is 0.473 e. The Kier molecular flexibility index (Phi) is 5.40. The molecule has 0 N–H and O–H groups in total. The van der Waals surface area contributed by atoms with Gasteiger partial charge in [-0.3, -0.25) is 4.40 Å². The van der Waals surface area contributed by atoms with E-state index in [1.54, 1.807) is 29.1 Å². The van der Waals surface area contributed by atoms with Gasteiger partial charge in [-0.05, 0) is 35.9 Å². The summed E-state index contributed by atoms with van der Waals surface area (Å²) in [6.07, 6.45) is 0.147. The molecule has 5 nitrogen and oxygen atoms in total. The van der Waals surface area contributed by atoms with Crippen molar-refractivity contribution < 1.29 is 31.4 Å². The molecule has 31 heavy (non-hydrogen) atoms. The third-order valence-electron chi connectivity index (χ3n) is 4.14. The van der Waals surface area contributed by atoms with Gasteiger partial charge in [0.2, 0.25) is 11.7 Å². The minimum absolute atomic E-state index is 0.124. The monoisotopic (exact) mass is 455 g/mol. The van der Waals surface area contributed by atoms with Crippen molar-refractivity contribution in [2.24, 2.45) is 0 Å². The fourth-order valence-corrected chi connectivity index (χ4v) is 2.95. The highest BCUT2D eigenvalue weighted by atomic mass is 35.5. The van der Waals surface area contributed by atoms with Gasteiger partial charge in [-0.2, -0.15) is 18.2 Å². The Balaban J connectivity index is 1.52. The summed E-state index contributed by atoms with van der Waals surface area (Å²) in [6.45, 7) is -0.211. The summed E-state index contributed by atoms with van der Waals surface area (Å²) in [4.78, 5) is 8.12. The molecule has 4 rings (SSSR count). The highest BCUT2D eigenvalue weighted by Gasteiger charge is 2.33. The van der Waals surface area contributed by atoms with Gasteiger partial charge in [0.15, 0.2) is 17.4 Å². The van der Waals surface area contributed by atoms with Crippen LogP contribution < -0.4 is 9.47 Å². The molecule has 0 unspecified atom stereocenters. The number of halogens is 6. The Bertz CT molecular complexity index is 1240. The van der Waals surface area contributed by atoms with Gasteiger partial charge in [0.05, 0.1) is 10.6 Å². The van der Waals surface area contributed by atoms with Crippen molar-refractivity contribution in [3.63, 3.8) is 0 Å². The average molecular weight is 456 g/mol. The number of rotatable bonds is 5. The van der Waals surface area contributed by atoms with Crippen LogP contribution in [0, 0.1) is 11.6 Å². The van der Waals surface area contributed by atoms with E-state index >= 15 is 0 Å². The Morgan fingerprint density at radius 1 is 1.00 bits per heavy atom. The van der Waals surface area contributed by atoms with E-state index in [9.17, 15) is 22.0 Å². The Labute approximate surface area is 176 Å². The molecular weight excluding hydrogens is 445 g/mol. The molecule has 0 amide bonds. The van der Waals surface area contributed by atoms with E-state index in [2.05, 4.69) is 9.97 Å². The van der Waals surface area contributed by atoms with Crippen LogP contribution in [-0.4, -0.2) is 14.4 Å². The summed E-state index contributed by atoms with van der Waals surface area (Å²) >= 11 is 5.53. The second-order valence-electron chi connectivity index (χ2n) is 6.32. The summed E-state index contributed by atoms with van der Waals surface area (Å²) in [5.74, 6) is -2.91. The standard InChI is InChI=1S/C20H11ClF5N3O2/c21-14-2-1-12(9-13(14)20(24,25)26)31-18-15(22)7-11(8-16(18)23)10-30-17-3-5-29-6-4-27-19(29)28-17/h1-9H,10H2. The number of fused-ring (bicyclic) bond motifs is 1. The smallest absolute Gasteiger partial charge is 0.417 e. The zero-order valence-corrected chi connectivity index (χ0v) is 16.1. The van der Waals surface area contributed by atoms with Crippen LogP contribution in [0.1, 0.15) is 11.1 Å². The van der Waals surface area contributed by atoms with E-state index in [4.69, 9.17) is 21.1 Å². The van der Waals surface area contributed by atoms with E-state index in [1.165, 1.54) is 0 Å². The molecule has 160 valence electrons. The number of nitrogens with zero attached hydrogens (tertiary/aromatic N) is 3. The van der Waals surface area contributed by atoms with Crippen LogP contribution in [-0.2, 0) is 12.8 Å². The highest BCUT2D eigenvalue weighted by molar-refractivity contribution is 6.31. The molecule has 0 bridgehead atoms. The third-order valence-corrected chi connectivity index (χ3v) is 4.47. The lowest BCUT2D eigenvalue weighted by atomic mass is 10.2. The first-order valence-corrected chi connectivity index (χ1v) is 9.03. The summed E-state index contributed by atoms with van der Waals surface area (Å²) < 4.78 is 79.8. The van der Waals surface area contributed by atoms with E-state index in [0.717, 1.165) is 24.3 Å². The number of hydrogen-bond acceptors (Lipinski definition) is 4. The van der Waals surface area contributed by atoms with Gasteiger partial charge < -0.3 is 9.47 Å². The molecular formula is C20H11ClF5N3O2. The fourth-order valence-electron chi connectivity index (χ4n) is 2.72. The van der Waals surface area contributed by atoms with Crippen molar-refractivity contribution in [1.29, 1.82) is 0 Å². The third kappa shape index (κ3) is 4.53. The normalized spacial score (nSPS) is 11.7. The predicted octanol–water partition coefficient (Wildman–Crippen LogP) is 6.05. The van der Waals surface area contributed by atoms with E-state index in [0.29, 0.717) is 11.8 Å². The molecule has 11 heteroatoms. The van der Waals surface area contributed by atoms with Crippen molar-refractivity contribution in [3.8, 4) is 17.4 Å². The van der Waals surface area contributed by atoms with Gasteiger partial charge in [-0.15, -0.1) is 0 Å². The van der Waals surface area contributed by atoms with Crippen molar-refractivity contribution in [3.05, 3.63) is 82.8 Å². The average Bonchev–Trinajstić information content (AvgIpc) is 3.17. The van der Waals surface area contributed by atoms with Crippen LogP contribution in [0.5, 0.6) is 17.4 Å². The zero-order valence-electron chi connectivity index (χ0n) is 15.3. The van der Waals surface area contributed by atoms with Gasteiger partial charge in [-0.25, -0.2) is 13.8 Å². The van der Waals surface area contributed by atoms with Crippen LogP contribution in [0.2, 0.25) is 5.02 Å². The number of ether oxygens (including phenoxy) is 2. The minimum Gasteiger partial charge on any atom is -0.473 e. The second kappa shape index (κ2) is 8.03. The molecule has 0 radical (unpaired) electrons. The van der Waals surface area contributed by atoms with Gasteiger partial charge in [0.25, 0.3) is 0 Å². The van der Waals surface area contributed by atoms with Crippen molar-refractivity contribution in [2.75, 3.05) is 0 Å². The van der Waals surface area contributed by atoms with Crippen LogP contribution in [0.4, 0.5) is 22.0 Å². The SMILES string of the molecule is Fc1cc(COc2ccn3ccnc3n2)cc(F)c1Oc1ccc(Cl)c(C(F)(F)F)c1. The lowest BCUT2D eigenvalue weighted by molar-refractivity contribution is -0.137. The molecule has 0 saturated heterocycles. The maximum Gasteiger partial charge on any atom is 0.417 e. The summed E-state index contributed by atoms with van der Waals surface area (Å²) in [7, 11) is 0. The lowest BCUT2D eigenvalue weighted by Crippen LogP contribution is -2.06. The maximum atomic E-state index is 14.4. The molecule has 0 aliphatic carbocycles. The van der Waals surface area contributed by atoms with Crippen LogP contribution in [0.3, 0.4) is 0 Å². The predicted molar refractivity (Wildman–Crippen MR) is 100 cm³/mol. The van der Waals surface area contributed by atoms with Gasteiger partial charge in [0.1, 0.15) is 12.4 Å². The first-order chi connectivity index (χ1) is 14.7. The molecule has 0 fully saturated rings. The topological polar surface area (TPSA) is 48.7 Å². The van der Waals surface area contributed by atoms with Gasteiger partial charge in [0, 0.05) is 24.7 Å². The molecule has 0 atom stereocenters. The molecule has 0 spiro atoms. The van der Waals surface area contributed by atoms with E-state index in [1.807, 2.05) is 0 Å². The summed E-state index contributed by atoms with van der Waals surface area (Å²) in [5, 5.41) is -0.560. The number of hydrogen-bond donors (Lipinski definition) is 0. The molecule has 0 saturated carbocycles. The Morgan fingerprint density at radius 2 is 1.74 bits per heavy atom. The van der Waals surface area contributed by atoms with E-state index in [-0.39, 0.29) is 18.1 Å². The quantitative estimate of drug-likeness (QED) is 0.344. The molecule has 2 aromatic heterocycles. The second-order valence-corrected chi connectivity index (χ2v) is 6.73. The fraction of sp³-hybridized carbons (Fsp3) is 0.100. The van der Waals surface area contributed by atoms with Crippen LogP contribution in [0.25, 0.3) is 5.78 Å². The van der Waals surface area contributed by atoms with Gasteiger partial charge >= 0.3 is 6.18 Å². The number of aromatic nitrogens is 3. The van der Waals surface area contributed by atoms with Crippen LogP contribution >= 0.6 is 11.6 Å². The van der Waals surface area contributed by atoms with Gasteiger partial charge in [-0.1, -0.05) is 11.6 Å². The summed E-state index contributed by atoms with van der Waals surface area (Å²) in [6, 6.07) is 6.03. The molecule has 0 aliphatic heterocycles. The Morgan fingerprint density at radius 3 is 2.45 bits per heavy atom. The van der Waals surface area contributed by atoms with Crippen molar-refractivity contribution in [2.45, 2.75) is 12.8 Å². The molecule has 2 heterocycles. The number of alkyl halides is 3. The minimum atomic E-state index is -4.75. The maximum absolute atomic E-state index is 14.4. The zero-order chi connectivity index (χ0) is 22.2. The van der Waals surface area contributed by atoms with E-state index < -0.39 is 39.9 Å². The summed E-state index contributed by atoms with van der Waals surface area (Å²) in [5.41, 5.74) is -1.06. The van der Waals surface area contributed by atoms with Crippen molar-refractivity contribution >= 4 is 17.4 Å².